The Labute approximate surface area is 191 Å². The van der Waals surface area contributed by atoms with Crippen LogP contribution in [0, 0.1) is 41.5 Å². The molecule has 0 saturated heterocycles. The summed E-state index contributed by atoms with van der Waals surface area (Å²) in [6.07, 6.45) is 0. The molecule has 0 nitrogen and oxygen atoms in total. The molecule has 0 N–H and O–H groups in total. The molecule has 0 bridgehead atoms. The number of rotatable bonds is 2. The number of fused-ring (bicyclic) bond motifs is 2. The Bertz CT molecular complexity index is 1470. The fraction of sp³-hybridized carbons (Fsp3) is 0.188. The Hall–Kier alpha value is -3.38. The molecule has 0 unspecified atom stereocenters. The van der Waals surface area contributed by atoms with Crippen molar-refractivity contribution in [1.29, 1.82) is 0 Å². The van der Waals surface area contributed by atoms with Crippen LogP contribution in [0.3, 0.4) is 0 Å². The van der Waals surface area contributed by atoms with Crippen molar-refractivity contribution in [3.8, 4) is 22.3 Å². The van der Waals surface area contributed by atoms with E-state index < -0.39 is 0 Å². The second-order valence-corrected chi connectivity index (χ2v) is 9.37. The summed E-state index contributed by atoms with van der Waals surface area (Å²) < 4.78 is 0. The minimum absolute atomic E-state index is 1.27. The zero-order valence-corrected chi connectivity index (χ0v) is 19.9. The van der Waals surface area contributed by atoms with Crippen molar-refractivity contribution >= 4 is 21.5 Å². The van der Waals surface area contributed by atoms with Crippen LogP contribution < -0.4 is 0 Å². The van der Waals surface area contributed by atoms with E-state index in [1.54, 1.807) is 0 Å². The summed E-state index contributed by atoms with van der Waals surface area (Å²) in [5, 5.41) is 5.40. The van der Waals surface area contributed by atoms with Gasteiger partial charge in [0.15, 0.2) is 0 Å². The van der Waals surface area contributed by atoms with Gasteiger partial charge in [-0.05, 0) is 125 Å². The molecule has 5 aromatic carbocycles. The number of hydrogen-bond acceptors (Lipinski definition) is 0. The van der Waals surface area contributed by atoms with E-state index >= 15 is 0 Å². The molecule has 0 aromatic heterocycles. The van der Waals surface area contributed by atoms with E-state index in [-0.39, 0.29) is 0 Å². The van der Waals surface area contributed by atoms with Gasteiger partial charge in [0.25, 0.3) is 0 Å². The Morgan fingerprint density at radius 3 is 1.28 bits per heavy atom. The highest BCUT2D eigenvalue weighted by atomic mass is 14.2. The predicted molar refractivity (Wildman–Crippen MR) is 141 cm³/mol. The molecule has 0 radical (unpaired) electrons. The predicted octanol–water partition coefficient (Wildman–Crippen LogP) is 9.18. The van der Waals surface area contributed by atoms with Crippen molar-refractivity contribution in [2.75, 3.05) is 0 Å². The van der Waals surface area contributed by atoms with Crippen molar-refractivity contribution in [1.82, 2.24) is 0 Å². The van der Waals surface area contributed by atoms with Crippen LogP contribution in [0.5, 0.6) is 0 Å². The molecule has 0 heterocycles. The van der Waals surface area contributed by atoms with Crippen LogP contribution >= 0.6 is 0 Å². The van der Waals surface area contributed by atoms with Gasteiger partial charge in [0, 0.05) is 0 Å². The smallest absolute Gasteiger partial charge is 0.0139 e. The SMILES string of the molecule is Cc1ccc(-c2ccc3c(C)c4cc(-c5cc(C)c(C)c(C)c5)ccc4c(C)c3c2)cc1. The molecule has 0 amide bonds. The lowest BCUT2D eigenvalue weighted by Gasteiger charge is -2.16. The van der Waals surface area contributed by atoms with Gasteiger partial charge in [0.2, 0.25) is 0 Å². The van der Waals surface area contributed by atoms with E-state index in [0.29, 0.717) is 0 Å². The third-order valence-electron chi connectivity index (χ3n) is 7.30. The number of aryl methyl sites for hydroxylation is 5. The monoisotopic (exact) mass is 414 g/mol. The maximum absolute atomic E-state index is 2.38. The van der Waals surface area contributed by atoms with Crippen LogP contribution in [-0.4, -0.2) is 0 Å². The molecule has 0 saturated carbocycles. The first-order valence-electron chi connectivity index (χ1n) is 11.5. The van der Waals surface area contributed by atoms with E-state index in [2.05, 4.69) is 114 Å². The minimum Gasteiger partial charge on any atom is -0.0587 e. The van der Waals surface area contributed by atoms with Crippen molar-refractivity contribution in [3.63, 3.8) is 0 Å². The van der Waals surface area contributed by atoms with E-state index in [1.807, 2.05) is 0 Å². The summed E-state index contributed by atoms with van der Waals surface area (Å²) in [6, 6.07) is 27.4. The van der Waals surface area contributed by atoms with Gasteiger partial charge in [-0.15, -0.1) is 0 Å². The fourth-order valence-corrected chi connectivity index (χ4v) is 4.96. The molecule has 158 valence electrons. The van der Waals surface area contributed by atoms with E-state index in [9.17, 15) is 0 Å². The van der Waals surface area contributed by atoms with Crippen LogP contribution in [0.4, 0.5) is 0 Å². The lowest BCUT2D eigenvalue weighted by atomic mass is 9.88. The largest absolute Gasteiger partial charge is 0.0587 e. The van der Waals surface area contributed by atoms with Gasteiger partial charge >= 0.3 is 0 Å². The summed E-state index contributed by atoms with van der Waals surface area (Å²) in [5.41, 5.74) is 13.3. The normalized spacial score (nSPS) is 11.4. The van der Waals surface area contributed by atoms with Crippen LogP contribution in [0.15, 0.2) is 72.8 Å². The van der Waals surface area contributed by atoms with Crippen molar-refractivity contribution < 1.29 is 0 Å². The average Bonchev–Trinajstić information content (AvgIpc) is 2.80. The minimum atomic E-state index is 1.27. The summed E-state index contributed by atoms with van der Waals surface area (Å²) >= 11 is 0. The zero-order chi connectivity index (χ0) is 22.6. The first-order valence-corrected chi connectivity index (χ1v) is 11.5. The molecule has 0 aliphatic carbocycles. The Morgan fingerprint density at radius 1 is 0.344 bits per heavy atom. The third kappa shape index (κ3) is 3.31. The molecule has 0 atom stereocenters. The topological polar surface area (TPSA) is 0 Å². The van der Waals surface area contributed by atoms with Crippen LogP contribution in [0.1, 0.15) is 33.4 Å². The Morgan fingerprint density at radius 2 is 0.781 bits per heavy atom. The highest BCUT2D eigenvalue weighted by Gasteiger charge is 2.12. The second-order valence-electron chi connectivity index (χ2n) is 9.37. The molecule has 0 spiro atoms. The number of hydrogen-bond donors (Lipinski definition) is 0. The molecule has 0 heteroatoms. The van der Waals surface area contributed by atoms with Gasteiger partial charge in [0.05, 0.1) is 0 Å². The fourth-order valence-electron chi connectivity index (χ4n) is 4.96. The van der Waals surface area contributed by atoms with E-state index in [0.717, 1.165) is 0 Å². The lowest BCUT2D eigenvalue weighted by Crippen LogP contribution is -1.92. The maximum Gasteiger partial charge on any atom is -0.0139 e. The molecular weight excluding hydrogens is 384 g/mol. The standard InChI is InChI=1S/C32H30/c1-19-7-9-25(10-8-19)26-11-13-29-24(6)32-18-27(12-14-30(32)23(5)31(29)17-26)28-15-20(2)22(4)21(3)16-28/h7-18H,1-6H3. The second kappa shape index (κ2) is 7.64. The summed E-state index contributed by atoms with van der Waals surface area (Å²) in [7, 11) is 0. The van der Waals surface area contributed by atoms with Crippen molar-refractivity contribution in [2.24, 2.45) is 0 Å². The lowest BCUT2D eigenvalue weighted by molar-refractivity contribution is 1.27. The van der Waals surface area contributed by atoms with Crippen molar-refractivity contribution in [3.05, 3.63) is 106 Å². The summed E-state index contributed by atoms with van der Waals surface area (Å²) in [6.45, 7) is 13.3. The van der Waals surface area contributed by atoms with Gasteiger partial charge in [-0.2, -0.15) is 0 Å². The summed E-state index contributed by atoms with van der Waals surface area (Å²) in [5.74, 6) is 0. The molecule has 0 aliphatic rings. The van der Waals surface area contributed by atoms with E-state index in [1.165, 1.54) is 77.2 Å². The average molecular weight is 415 g/mol. The molecular formula is C32H30. The molecule has 5 aromatic rings. The van der Waals surface area contributed by atoms with Gasteiger partial charge < -0.3 is 0 Å². The van der Waals surface area contributed by atoms with Gasteiger partial charge in [0.1, 0.15) is 0 Å². The van der Waals surface area contributed by atoms with Crippen LogP contribution in [0.2, 0.25) is 0 Å². The first kappa shape index (κ1) is 20.5. The third-order valence-corrected chi connectivity index (χ3v) is 7.30. The highest BCUT2D eigenvalue weighted by molar-refractivity contribution is 6.07. The van der Waals surface area contributed by atoms with Gasteiger partial charge in [-0.25, -0.2) is 0 Å². The van der Waals surface area contributed by atoms with Gasteiger partial charge in [-0.1, -0.05) is 66.2 Å². The van der Waals surface area contributed by atoms with Crippen LogP contribution in [-0.2, 0) is 0 Å². The zero-order valence-electron chi connectivity index (χ0n) is 19.9. The Balaban J connectivity index is 1.71. The number of benzene rings is 5. The maximum atomic E-state index is 2.38. The summed E-state index contributed by atoms with van der Waals surface area (Å²) in [4.78, 5) is 0. The Kier molecular flexibility index (Phi) is 4.90. The first-order chi connectivity index (χ1) is 15.3. The van der Waals surface area contributed by atoms with Crippen molar-refractivity contribution in [2.45, 2.75) is 41.5 Å². The molecule has 0 aliphatic heterocycles. The quantitative estimate of drug-likeness (QED) is 0.253. The molecule has 0 fully saturated rings. The van der Waals surface area contributed by atoms with Gasteiger partial charge in [-0.3, -0.25) is 0 Å². The van der Waals surface area contributed by atoms with Crippen LogP contribution in [0.25, 0.3) is 43.8 Å². The highest BCUT2D eigenvalue weighted by Crippen LogP contribution is 2.37. The molecule has 32 heavy (non-hydrogen) atoms. The molecule has 5 rings (SSSR count). The van der Waals surface area contributed by atoms with E-state index in [4.69, 9.17) is 0 Å².